The largest absolute Gasteiger partial charge is 0.513 e. The number of ether oxygens (including phenoxy) is 6. The lowest BCUT2D eigenvalue weighted by Crippen LogP contribution is -2.41. The predicted molar refractivity (Wildman–Crippen MR) is 126 cm³/mol. The third-order valence-electron chi connectivity index (χ3n) is 5.22. The fourth-order valence-electron chi connectivity index (χ4n) is 3.04. The molecule has 1 rings (SSSR count). The van der Waals surface area contributed by atoms with E-state index in [1.807, 2.05) is 6.92 Å². The summed E-state index contributed by atoms with van der Waals surface area (Å²) in [5.74, 6) is -3.21. The molecule has 12 nitrogen and oxygen atoms in total. The molecule has 3 atom stereocenters. The van der Waals surface area contributed by atoms with Crippen molar-refractivity contribution in [2.75, 3.05) is 19.8 Å². The Hall–Kier alpha value is -3.54. The molecule has 1 aromatic carbocycles. The van der Waals surface area contributed by atoms with Gasteiger partial charge in [-0.1, -0.05) is 19.9 Å². The van der Waals surface area contributed by atoms with Gasteiger partial charge in [0.25, 0.3) is 0 Å². The first-order valence-corrected chi connectivity index (χ1v) is 11.5. The predicted octanol–water partition coefficient (Wildman–Crippen LogP) is 4.23. The Balaban J connectivity index is 3.28. The molecule has 0 aliphatic heterocycles. The maximum atomic E-state index is 12.1. The molecule has 0 aromatic heterocycles. The fourth-order valence-corrected chi connectivity index (χ4v) is 3.04. The van der Waals surface area contributed by atoms with E-state index in [4.69, 9.17) is 34.2 Å². The Morgan fingerprint density at radius 3 is 1.97 bits per heavy atom. The van der Waals surface area contributed by atoms with Crippen molar-refractivity contribution in [3.63, 3.8) is 0 Å². The minimum atomic E-state index is -1.42. The van der Waals surface area contributed by atoms with Crippen molar-refractivity contribution in [1.29, 1.82) is 0 Å². The van der Waals surface area contributed by atoms with Gasteiger partial charge in [0.15, 0.2) is 11.5 Å². The summed E-state index contributed by atoms with van der Waals surface area (Å²) in [7, 11) is 0. The SMILES string of the molecule is CCOC(=O)Oc1ccc(C(C(C)COC(=O)OC(C)(C)CC)[C@H](N)C(=O)O)cc1OC(=O)OCC. The molecule has 0 saturated carbocycles. The highest BCUT2D eigenvalue weighted by atomic mass is 16.7. The van der Waals surface area contributed by atoms with Crippen LogP contribution in [0.5, 0.6) is 11.5 Å². The number of rotatable bonds is 12. The van der Waals surface area contributed by atoms with Gasteiger partial charge in [-0.25, -0.2) is 14.4 Å². The lowest BCUT2D eigenvalue weighted by molar-refractivity contribution is -0.139. The second-order valence-corrected chi connectivity index (χ2v) is 8.42. The van der Waals surface area contributed by atoms with Crippen molar-refractivity contribution in [2.24, 2.45) is 11.7 Å². The minimum absolute atomic E-state index is 0.0262. The van der Waals surface area contributed by atoms with Crippen molar-refractivity contribution in [3.8, 4) is 11.5 Å². The van der Waals surface area contributed by atoms with Crippen molar-refractivity contribution < 1.29 is 52.7 Å². The normalized spacial score (nSPS) is 13.5. The second kappa shape index (κ2) is 14.1. The molecular weight excluding hydrogens is 478 g/mol. The smallest absolute Gasteiger partial charge is 0.480 e. The van der Waals surface area contributed by atoms with Gasteiger partial charge in [-0.05, 0) is 57.7 Å². The van der Waals surface area contributed by atoms with Crippen LogP contribution >= 0.6 is 0 Å². The molecule has 202 valence electrons. The molecule has 0 spiro atoms. The lowest BCUT2D eigenvalue weighted by atomic mass is 9.82. The summed E-state index contributed by atoms with van der Waals surface area (Å²) >= 11 is 0. The Labute approximate surface area is 209 Å². The summed E-state index contributed by atoms with van der Waals surface area (Å²) in [6, 6.07) is 2.63. The van der Waals surface area contributed by atoms with Gasteiger partial charge in [0.2, 0.25) is 0 Å². The van der Waals surface area contributed by atoms with Crippen LogP contribution in [0.4, 0.5) is 14.4 Å². The molecule has 0 fully saturated rings. The molecule has 1 aromatic rings. The number of carboxylic acid groups (broad SMARTS) is 1. The molecule has 0 saturated heterocycles. The van der Waals surface area contributed by atoms with E-state index in [0.29, 0.717) is 12.0 Å². The molecule has 2 unspecified atom stereocenters. The van der Waals surface area contributed by atoms with Gasteiger partial charge in [0.1, 0.15) is 11.6 Å². The van der Waals surface area contributed by atoms with Crippen LogP contribution in [-0.4, -0.2) is 61.0 Å². The van der Waals surface area contributed by atoms with E-state index in [1.54, 1.807) is 34.6 Å². The van der Waals surface area contributed by atoms with Crippen molar-refractivity contribution in [2.45, 2.75) is 65.5 Å². The van der Waals surface area contributed by atoms with Gasteiger partial charge in [-0.15, -0.1) is 0 Å². The van der Waals surface area contributed by atoms with Crippen LogP contribution in [0.3, 0.4) is 0 Å². The van der Waals surface area contributed by atoms with E-state index in [9.17, 15) is 24.3 Å². The maximum Gasteiger partial charge on any atom is 0.513 e. The monoisotopic (exact) mass is 513 g/mol. The van der Waals surface area contributed by atoms with E-state index in [-0.39, 0.29) is 31.3 Å². The van der Waals surface area contributed by atoms with Gasteiger partial charge in [-0.3, -0.25) is 4.79 Å². The van der Waals surface area contributed by atoms with Gasteiger partial charge in [-0.2, -0.15) is 0 Å². The molecule has 12 heteroatoms. The second-order valence-electron chi connectivity index (χ2n) is 8.42. The third-order valence-corrected chi connectivity index (χ3v) is 5.22. The van der Waals surface area contributed by atoms with Crippen LogP contribution in [0.1, 0.15) is 59.4 Å². The van der Waals surface area contributed by atoms with Gasteiger partial charge >= 0.3 is 24.4 Å². The summed E-state index contributed by atoms with van der Waals surface area (Å²) in [5.41, 5.74) is 5.56. The number of carbonyl (C=O) groups excluding carboxylic acids is 3. The first-order valence-electron chi connectivity index (χ1n) is 11.5. The maximum absolute atomic E-state index is 12.1. The highest BCUT2D eigenvalue weighted by molar-refractivity contribution is 5.75. The number of carboxylic acids is 1. The highest BCUT2D eigenvalue weighted by Crippen LogP contribution is 2.36. The van der Waals surface area contributed by atoms with Crippen LogP contribution in [0.15, 0.2) is 18.2 Å². The lowest BCUT2D eigenvalue weighted by Gasteiger charge is -2.28. The Bertz CT molecular complexity index is 915. The Kier molecular flexibility index (Phi) is 12.0. The van der Waals surface area contributed by atoms with Gasteiger partial charge < -0.3 is 39.3 Å². The molecule has 0 bridgehead atoms. The molecular formula is C24H35NO11. The molecule has 0 amide bonds. The van der Waals surface area contributed by atoms with Crippen LogP contribution in [-0.2, 0) is 23.7 Å². The standard InChI is InChI=1S/C24H35NO11/c1-7-24(5,6)36-23(30)33-13-14(4)18(19(25)20(26)27)15-10-11-16(34-21(28)31-8-2)17(12-15)35-22(29)32-9-3/h10-12,14,18-19H,7-9,13,25H2,1-6H3,(H,26,27)/t14?,18?,19-/m0/s1. The molecule has 0 radical (unpaired) electrons. The summed E-state index contributed by atoms with van der Waals surface area (Å²) in [5, 5.41) is 9.59. The topological polar surface area (TPSA) is 170 Å². The van der Waals surface area contributed by atoms with Crippen molar-refractivity contribution >= 4 is 24.4 Å². The average molecular weight is 514 g/mol. The quantitative estimate of drug-likeness (QED) is 0.232. The molecule has 0 aliphatic carbocycles. The number of aliphatic carboxylic acids is 1. The molecule has 0 heterocycles. The van der Waals surface area contributed by atoms with Gasteiger partial charge in [0.05, 0.1) is 19.8 Å². The number of hydrogen-bond donors (Lipinski definition) is 2. The molecule has 3 N–H and O–H groups in total. The van der Waals surface area contributed by atoms with Crippen LogP contribution < -0.4 is 15.2 Å². The first kappa shape index (κ1) is 30.5. The zero-order valence-electron chi connectivity index (χ0n) is 21.4. The minimum Gasteiger partial charge on any atom is -0.480 e. The number of benzene rings is 1. The fraction of sp³-hybridized carbons (Fsp3) is 0.583. The Morgan fingerprint density at radius 1 is 0.917 bits per heavy atom. The van der Waals surface area contributed by atoms with Crippen molar-refractivity contribution in [1.82, 2.24) is 0 Å². The average Bonchev–Trinajstić information content (AvgIpc) is 2.79. The van der Waals surface area contributed by atoms with E-state index >= 15 is 0 Å². The number of carbonyl (C=O) groups is 4. The zero-order valence-corrected chi connectivity index (χ0v) is 21.4. The first-order chi connectivity index (χ1) is 16.8. The van der Waals surface area contributed by atoms with E-state index in [1.165, 1.54) is 18.2 Å². The Morgan fingerprint density at radius 2 is 1.47 bits per heavy atom. The summed E-state index contributed by atoms with van der Waals surface area (Å²) < 4.78 is 30.2. The van der Waals surface area contributed by atoms with E-state index in [2.05, 4.69) is 0 Å². The summed E-state index contributed by atoms with van der Waals surface area (Å²) in [6.07, 6.45) is -2.44. The van der Waals surface area contributed by atoms with Crippen LogP contribution in [0.25, 0.3) is 0 Å². The van der Waals surface area contributed by atoms with Crippen LogP contribution in [0.2, 0.25) is 0 Å². The third kappa shape index (κ3) is 9.61. The van der Waals surface area contributed by atoms with Crippen LogP contribution in [0, 0.1) is 5.92 Å². The van der Waals surface area contributed by atoms with Gasteiger partial charge in [0, 0.05) is 5.92 Å². The number of hydrogen-bond acceptors (Lipinski definition) is 11. The summed E-state index contributed by atoms with van der Waals surface area (Å²) in [4.78, 5) is 47.6. The number of nitrogens with two attached hydrogens (primary N) is 1. The van der Waals surface area contributed by atoms with E-state index < -0.39 is 47.9 Å². The van der Waals surface area contributed by atoms with E-state index in [0.717, 1.165) is 0 Å². The highest BCUT2D eigenvalue weighted by Gasteiger charge is 2.33. The molecule has 0 aliphatic rings. The summed E-state index contributed by atoms with van der Waals surface area (Å²) in [6.45, 7) is 9.97. The zero-order chi connectivity index (χ0) is 27.5. The van der Waals surface area contributed by atoms with Crippen molar-refractivity contribution in [3.05, 3.63) is 23.8 Å². The molecule has 36 heavy (non-hydrogen) atoms.